The number of aliphatic hydroxyl groups excluding tert-OH is 4. The van der Waals surface area contributed by atoms with Crippen molar-refractivity contribution in [3.8, 4) is 0 Å². The summed E-state index contributed by atoms with van der Waals surface area (Å²) in [7, 11) is 0. The first kappa shape index (κ1) is 71.9. The first-order chi connectivity index (χ1) is 36.8. The summed E-state index contributed by atoms with van der Waals surface area (Å²) in [4.78, 5) is 2.42. The van der Waals surface area contributed by atoms with Gasteiger partial charge in [0.2, 0.25) is 0 Å². The molecule has 16 atom stereocenters. The molecular weight excluding hydrogens is 1020 g/mol. The monoisotopic (exact) mass is 1140 g/mol. The molecule has 9 aliphatic rings. The highest BCUT2D eigenvalue weighted by Gasteiger charge is 2.65. The van der Waals surface area contributed by atoms with Crippen molar-refractivity contribution in [1.29, 1.82) is 0 Å². The Morgan fingerprint density at radius 3 is 1.46 bits per heavy atom. The summed E-state index contributed by atoms with van der Waals surface area (Å²) in [5.74, 6) is 1.26. The summed E-state index contributed by atoms with van der Waals surface area (Å²) in [5.41, 5.74) is -1.70. The van der Waals surface area contributed by atoms with Gasteiger partial charge in [0.25, 0.3) is 0 Å². The van der Waals surface area contributed by atoms with Gasteiger partial charge < -0.3 is 68.4 Å². The first-order valence-corrected chi connectivity index (χ1v) is 31.8. The molecule has 3 unspecified atom stereocenters. The summed E-state index contributed by atoms with van der Waals surface area (Å²) in [6.45, 7) is 56.9. The summed E-state index contributed by atoms with van der Waals surface area (Å²) < 4.78 is 53.6. The van der Waals surface area contributed by atoms with Gasteiger partial charge in [-0.05, 0) is 160 Å². The Morgan fingerprint density at radius 2 is 1.09 bits per heavy atom. The molecule has 9 fully saturated rings. The highest BCUT2D eigenvalue weighted by Crippen LogP contribution is 2.54. The average molecular weight is 1140 g/mol. The second kappa shape index (κ2) is 27.6. The van der Waals surface area contributed by atoms with E-state index in [2.05, 4.69) is 149 Å². The van der Waals surface area contributed by atoms with Crippen LogP contribution in [0.15, 0.2) is 0 Å². The predicted molar refractivity (Wildman–Crippen MR) is 320 cm³/mol. The molecule has 0 spiro atoms. The maximum absolute atomic E-state index is 9.99. The second-order valence-corrected chi connectivity index (χ2v) is 29.9. The van der Waals surface area contributed by atoms with Crippen LogP contribution in [0.1, 0.15) is 230 Å². The van der Waals surface area contributed by atoms with Crippen molar-refractivity contribution >= 4 is 0 Å². The van der Waals surface area contributed by atoms with Gasteiger partial charge in [-0.15, -0.1) is 0 Å². The number of hydrogen-bond acceptors (Lipinski definition) is 15. The molecule has 80 heavy (non-hydrogen) atoms. The van der Waals surface area contributed by atoms with Gasteiger partial charge in [-0.25, -0.2) is 0 Å². The van der Waals surface area contributed by atoms with Gasteiger partial charge >= 0.3 is 0 Å². The summed E-state index contributed by atoms with van der Waals surface area (Å²) in [6.07, 6.45) is 11.2. The van der Waals surface area contributed by atoms with Crippen molar-refractivity contribution in [3.63, 3.8) is 0 Å². The number of nitrogens with zero attached hydrogens (tertiary/aromatic N) is 1. The van der Waals surface area contributed by atoms with E-state index < -0.39 is 17.1 Å². The maximum Gasteiger partial charge on any atom is 0.171 e. The van der Waals surface area contributed by atoms with Crippen molar-refractivity contribution in [3.05, 3.63) is 0 Å². The van der Waals surface area contributed by atoms with E-state index in [0.717, 1.165) is 90.2 Å². The van der Waals surface area contributed by atoms with E-state index in [1.807, 2.05) is 27.7 Å². The number of ether oxygens (including phenoxy) is 9. The van der Waals surface area contributed by atoms with Gasteiger partial charge in [-0.1, -0.05) is 82.6 Å². The van der Waals surface area contributed by atoms with Crippen LogP contribution in [0.3, 0.4) is 0 Å². The van der Waals surface area contributed by atoms with Crippen molar-refractivity contribution in [1.82, 2.24) is 10.2 Å². The lowest BCUT2D eigenvalue weighted by Gasteiger charge is -2.46. The third-order valence-electron chi connectivity index (χ3n) is 19.9. The molecule has 0 saturated carbocycles. The van der Waals surface area contributed by atoms with Crippen LogP contribution < -0.4 is 5.32 Å². The third kappa shape index (κ3) is 16.1. The Morgan fingerprint density at radius 1 is 0.537 bits per heavy atom. The Balaban J connectivity index is 0.000000210. The van der Waals surface area contributed by atoms with Crippen LogP contribution in [-0.2, 0) is 42.6 Å². The van der Waals surface area contributed by atoms with Crippen LogP contribution in [-0.4, -0.2) is 184 Å². The van der Waals surface area contributed by atoms with Gasteiger partial charge in [0, 0.05) is 49.0 Å². The fourth-order valence-corrected chi connectivity index (χ4v) is 15.9. The zero-order valence-corrected chi connectivity index (χ0v) is 55.7. The Kier molecular flexibility index (Phi) is 24.8. The lowest BCUT2D eigenvalue weighted by atomic mass is 9.72. The van der Waals surface area contributed by atoms with E-state index in [1.165, 1.54) is 19.3 Å². The molecule has 0 amide bonds. The van der Waals surface area contributed by atoms with Gasteiger partial charge in [0.05, 0.1) is 108 Å². The van der Waals surface area contributed by atoms with E-state index in [-0.39, 0.29) is 101 Å². The highest BCUT2D eigenvalue weighted by molar-refractivity contribution is 5.11. The molecule has 5 N–H and O–H groups in total. The van der Waals surface area contributed by atoms with Crippen LogP contribution in [0.2, 0.25) is 0 Å². The minimum atomic E-state index is -0.602. The number of rotatable bonds is 12. The van der Waals surface area contributed by atoms with Crippen molar-refractivity contribution in [2.24, 2.45) is 28.1 Å². The molecule has 9 heterocycles. The van der Waals surface area contributed by atoms with E-state index in [9.17, 15) is 20.4 Å². The molecule has 15 nitrogen and oxygen atoms in total. The zero-order valence-electron chi connectivity index (χ0n) is 55.7. The summed E-state index contributed by atoms with van der Waals surface area (Å²) in [6, 6.07) is 0. The fraction of sp³-hybridized carbons (Fsp3) is 1.00. The first-order valence-electron chi connectivity index (χ1n) is 31.8. The number of hydrogen-bond donors (Lipinski definition) is 5. The predicted octanol–water partition coefficient (Wildman–Crippen LogP) is 10.8. The average Bonchev–Trinajstić information content (AvgIpc) is 4.16. The topological polar surface area (TPSA) is 179 Å². The minimum Gasteiger partial charge on any atom is -0.396 e. The molecule has 9 rings (SSSR count). The smallest absolute Gasteiger partial charge is 0.171 e. The minimum absolute atomic E-state index is 0.0212. The normalized spacial score (nSPS) is 42.8. The molecule has 15 heteroatoms. The molecule has 0 aliphatic carbocycles. The van der Waals surface area contributed by atoms with Crippen LogP contribution in [0, 0.1) is 28.1 Å². The molecular formula is C65H126N2O13. The van der Waals surface area contributed by atoms with E-state index in [4.69, 9.17) is 42.6 Å². The molecule has 9 saturated heterocycles. The quantitative estimate of drug-likeness (QED) is 0.125. The lowest BCUT2D eigenvalue weighted by molar-refractivity contribution is -0.181. The van der Waals surface area contributed by atoms with Crippen LogP contribution in [0.5, 0.6) is 0 Å². The number of piperazine rings is 1. The number of fused-ring (bicyclic) bond motifs is 2. The van der Waals surface area contributed by atoms with Gasteiger partial charge in [0.1, 0.15) is 11.7 Å². The zero-order chi connectivity index (χ0) is 60.9. The number of nitrogens with one attached hydrogen (secondary N) is 1. The molecule has 0 aromatic heterocycles. The summed E-state index contributed by atoms with van der Waals surface area (Å²) in [5, 5.41) is 41.2. The maximum atomic E-state index is 9.99. The SMILES string of the molecule is CC[C@@H]1CC(C)(C)O[C@@H]1CC.CC[C@@]1(CO)OC(C)(C)CC1C.CC[C@H]1OC(C)(C)C[C@@]1(C)CO.CC[C@H]1OC(C)(C)[C@@H]2OCC12C.CC[C@H]1OC(C)(C)[C@@H]2O[C@@H](CN3CCNCC3)OC12C.CC[C@H]1OC(C)(C)[C@H](O)[C@@]1(C)CO. The standard InChI is InChI=1S/C15H28N2O3.C10H20O3.C10H18O2.2C10H20O2.C10H20O/c1-5-11-15(4)13(14(2,3)19-11)18-12(20-15)10-17-8-6-16-7-9-17;1-5-7-10(4,6-11)8(12)9(2,3)13-7;1-5-7-10(4)6-11-8(10)9(2,3)12-7;1-5-8-10(4,7-11)6-9(2,3)12-8;1-5-10(7-11)8(2)6-9(3,4)12-10;1-5-8-7-10(3,4)11-9(8)6-2/h11-13,16H,5-10H2,1-4H3;7-8,11-12H,5-6H2,1-4H3;7-8H,5-6H2,1-4H3;2*8,11H,5-7H2,1-4H3;8-9H,5-7H2,1-4H3/t11-,12-,13+,15?;7-,8+,10+;7-,8+,10?;8-,10+;8?,10-;8-,9-/m111101/s1. The Hall–Kier alpha value is -0.600. The Labute approximate surface area is 489 Å². The largest absolute Gasteiger partial charge is 0.396 e. The van der Waals surface area contributed by atoms with Crippen molar-refractivity contribution in [2.45, 2.75) is 330 Å². The van der Waals surface area contributed by atoms with Crippen LogP contribution >= 0.6 is 0 Å². The summed E-state index contributed by atoms with van der Waals surface area (Å²) >= 11 is 0. The molecule has 0 aromatic carbocycles. The molecule has 9 aliphatic heterocycles. The van der Waals surface area contributed by atoms with E-state index in [1.54, 1.807) is 0 Å². The van der Waals surface area contributed by atoms with Crippen LogP contribution in [0.25, 0.3) is 0 Å². The third-order valence-corrected chi connectivity index (χ3v) is 19.9. The lowest BCUT2D eigenvalue weighted by Crippen LogP contribution is -2.56. The van der Waals surface area contributed by atoms with Crippen molar-refractivity contribution < 1.29 is 63.1 Å². The molecule has 474 valence electrons. The molecule has 0 radical (unpaired) electrons. The van der Waals surface area contributed by atoms with Crippen molar-refractivity contribution in [2.75, 3.05) is 59.2 Å². The molecule has 0 bridgehead atoms. The number of aliphatic hydroxyl groups is 4. The molecule has 0 aromatic rings. The van der Waals surface area contributed by atoms with E-state index >= 15 is 0 Å². The van der Waals surface area contributed by atoms with Crippen LogP contribution in [0.4, 0.5) is 0 Å². The fourth-order valence-electron chi connectivity index (χ4n) is 15.9. The van der Waals surface area contributed by atoms with Gasteiger partial charge in [-0.2, -0.15) is 0 Å². The van der Waals surface area contributed by atoms with Gasteiger partial charge in [0.15, 0.2) is 6.29 Å². The second-order valence-electron chi connectivity index (χ2n) is 29.9. The Bertz CT molecular complexity index is 1840. The van der Waals surface area contributed by atoms with E-state index in [0.29, 0.717) is 24.2 Å². The van der Waals surface area contributed by atoms with Gasteiger partial charge in [-0.3, -0.25) is 4.90 Å². The highest BCUT2D eigenvalue weighted by atomic mass is 16.8.